The number of nitrogens with zero attached hydrogens (tertiary/aromatic N) is 2. The zero-order chi connectivity index (χ0) is 35.0. The first-order chi connectivity index (χ1) is 26.1. The highest BCUT2D eigenvalue weighted by Gasteiger charge is 2.41. The Labute approximate surface area is 306 Å². The maximum absolute atomic E-state index is 2.57. The fourth-order valence-electron chi connectivity index (χ4n) is 10.1. The molecule has 0 amide bonds. The Kier molecular flexibility index (Phi) is 5.60. The Morgan fingerprint density at radius 3 is 1.51 bits per heavy atom. The summed E-state index contributed by atoms with van der Waals surface area (Å²) in [6.07, 6.45) is 0. The number of rotatable bonds is 2. The van der Waals surface area contributed by atoms with E-state index in [0.717, 1.165) is 0 Å². The number of fused-ring (bicyclic) bond motifs is 18. The van der Waals surface area contributed by atoms with Gasteiger partial charge in [0.1, 0.15) is 0 Å². The van der Waals surface area contributed by atoms with Gasteiger partial charge in [0.2, 0.25) is 0 Å². The molecular weight excluding hydrogens is 641 g/mol. The second-order valence-corrected chi connectivity index (χ2v) is 15.2. The second kappa shape index (κ2) is 10.2. The molecule has 248 valence electrons. The van der Waals surface area contributed by atoms with Crippen molar-refractivity contribution in [3.63, 3.8) is 0 Å². The number of hydrogen-bond donors (Lipinski definition) is 0. The molecule has 11 aromatic rings. The summed E-state index contributed by atoms with van der Waals surface area (Å²) in [6, 6.07) is 63.1. The first kappa shape index (κ1) is 29.0. The molecule has 2 heteroatoms. The summed E-state index contributed by atoms with van der Waals surface area (Å²) in [4.78, 5) is 0. The fraction of sp³-hybridized carbons (Fsp3) is 0.0588. The smallest absolute Gasteiger partial charge is 0.0795 e. The summed E-state index contributed by atoms with van der Waals surface area (Å²) < 4.78 is 5.11. The third kappa shape index (κ3) is 3.63. The molecule has 12 rings (SSSR count). The zero-order valence-corrected chi connectivity index (χ0v) is 29.6. The molecule has 9 aromatic carbocycles. The van der Waals surface area contributed by atoms with Crippen LogP contribution < -0.4 is 0 Å². The lowest BCUT2D eigenvalue weighted by Crippen LogP contribution is -2.15. The van der Waals surface area contributed by atoms with Gasteiger partial charge in [0.25, 0.3) is 0 Å². The molecule has 0 radical (unpaired) electrons. The summed E-state index contributed by atoms with van der Waals surface area (Å²) in [6.45, 7) is 4.85. The van der Waals surface area contributed by atoms with Crippen LogP contribution in [0.5, 0.6) is 0 Å². The van der Waals surface area contributed by atoms with Gasteiger partial charge in [0.05, 0.1) is 22.1 Å². The summed E-state index contributed by atoms with van der Waals surface area (Å²) in [5.74, 6) is 0. The van der Waals surface area contributed by atoms with E-state index >= 15 is 0 Å². The van der Waals surface area contributed by atoms with Gasteiger partial charge >= 0.3 is 0 Å². The average Bonchev–Trinajstić information content (AvgIpc) is 3.82. The number of aromatic nitrogens is 2. The van der Waals surface area contributed by atoms with Crippen LogP contribution in [0.25, 0.3) is 98.4 Å². The molecule has 2 heterocycles. The molecule has 0 saturated carbocycles. The van der Waals surface area contributed by atoms with Crippen molar-refractivity contribution in [3.8, 4) is 22.5 Å². The normalized spacial score (nSPS) is 13.6. The molecule has 0 unspecified atom stereocenters. The van der Waals surface area contributed by atoms with Crippen molar-refractivity contribution in [2.24, 2.45) is 0 Å². The Morgan fingerprint density at radius 1 is 0.377 bits per heavy atom. The van der Waals surface area contributed by atoms with Crippen LogP contribution in [0.1, 0.15) is 25.0 Å². The number of para-hydroxylation sites is 3. The molecule has 2 aromatic heterocycles. The lowest BCUT2D eigenvalue weighted by molar-refractivity contribution is 0.667. The van der Waals surface area contributed by atoms with E-state index in [1.807, 2.05) is 0 Å². The molecule has 0 atom stereocenters. The van der Waals surface area contributed by atoms with Gasteiger partial charge in [-0.2, -0.15) is 0 Å². The van der Waals surface area contributed by atoms with Crippen LogP contribution in [0.3, 0.4) is 0 Å². The lowest BCUT2D eigenvalue weighted by Gasteiger charge is -2.23. The highest BCUT2D eigenvalue weighted by molar-refractivity contribution is 6.31. The Morgan fingerprint density at radius 2 is 0.849 bits per heavy atom. The van der Waals surface area contributed by atoms with Gasteiger partial charge in [-0.1, -0.05) is 147 Å². The van der Waals surface area contributed by atoms with Crippen LogP contribution in [0.4, 0.5) is 0 Å². The van der Waals surface area contributed by atoms with Crippen molar-refractivity contribution in [3.05, 3.63) is 181 Å². The highest BCUT2D eigenvalue weighted by atomic mass is 15.0. The van der Waals surface area contributed by atoms with Crippen LogP contribution in [-0.2, 0) is 5.41 Å². The van der Waals surface area contributed by atoms with Gasteiger partial charge in [-0.15, -0.1) is 0 Å². The average molecular weight is 675 g/mol. The SMILES string of the molecule is CC1(C)c2ccccc2-c2c1c1c3ccccc3n(-c3ccccc3)c1c1c2c2ccccc2n1-c1ccc2c3ccccc3c3ccccc3c2c1. The van der Waals surface area contributed by atoms with Crippen LogP contribution >= 0.6 is 0 Å². The van der Waals surface area contributed by atoms with E-state index < -0.39 is 0 Å². The molecule has 1 aliphatic rings. The first-order valence-electron chi connectivity index (χ1n) is 18.6. The van der Waals surface area contributed by atoms with E-state index in [-0.39, 0.29) is 5.41 Å². The van der Waals surface area contributed by atoms with Gasteiger partial charge in [-0.05, 0) is 91.0 Å². The van der Waals surface area contributed by atoms with Crippen molar-refractivity contribution < 1.29 is 0 Å². The topological polar surface area (TPSA) is 9.86 Å². The largest absolute Gasteiger partial charge is 0.307 e. The highest BCUT2D eigenvalue weighted by Crippen LogP contribution is 2.58. The quantitative estimate of drug-likeness (QED) is 0.162. The van der Waals surface area contributed by atoms with E-state index in [2.05, 4.69) is 193 Å². The molecule has 0 spiro atoms. The molecule has 1 aliphatic carbocycles. The summed E-state index contributed by atoms with van der Waals surface area (Å²) in [5.41, 5.74) is 12.6. The van der Waals surface area contributed by atoms with E-state index in [9.17, 15) is 0 Å². The van der Waals surface area contributed by atoms with Crippen molar-refractivity contribution in [1.29, 1.82) is 0 Å². The van der Waals surface area contributed by atoms with Crippen molar-refractivity contribution in [2.75, 3.05) is 0 Å². The monoisotopic (exact) mass is 674 g/mol. The number of benzene rings is 9. The molecule has 2 nitrogen and oxygen atoms in total. The maximum atomic E-state index is 2.57. The van der Waals surface area contributed by atoms with Crippen molar-refractivity contribution in [2.45, 2.75) is 19.3 Å². The standard InChI is InChI=1S/C51H34N2/c1-51(2)42-25-13-10-22-38(42)45-46-39-23-11-14-26-43(39)53(32-28-29-37-35-20-7-6-18-33(35)34-19-8-9-21-36(34)41(37)30-32)49(46)50-47(48(45)51)40-24-12-15-27-44(40)52(50)31-16-4-3-5-17-31/h3-30H,1-2H3. The lowest BCUT2D eigenvalue weighted by atomic mass is 9.80. The minimum absolute atomic E-state index is 0.198. The summed E-state index contributed by atoms with van der Waals surface area (Å²) in [7, 11) is 0. The van der Waals surface area contributed by atoms with Gasteiger partial charge in [-0.25, -0.2) is 0 Å². The van der Waals surface area contributed by atoms with Gasteiger partial charge < -0.3 is 9.13 Å². The van der Waals surface area contributed by atoms with E-state index in [1.165, 1.54) is 110 Å². The third-order valence-electron chi connectivity index (χ3n) is 12.2. The predicted molar refractivity (Wildman–Crippen MR) is 225 cm³/mol. The van der Waals surface area contributed by atoms with Crippen LogP contribution in [-0.4, -0.2) is 9.13 Å². The summed E-state index contributed by atoms with van der Waals surface area (Å²) >= 11 is 0. The van der Waals surface area contributed by atoms with Gasteiger partial charge in [-0.3, -0.25) is 0 Å². The number of hydrogen-bond acceptors (Lipinski definition) is 0. The fourth-order valence-corrected chi connectivity index (χ4v) is 10.1. The maximum Gasteiger partial charge on any atom is 0.0795 e. The van der Waals surface area contributed by atoms with Crippen LogP contribution in [0, 0.1) is 0 Å². The Hall–Kier alpha value is -6.64. The first-order valence-corrected chi connectivity index (χ1v) is 18.6. The molecule has 53 heavy (non-hydrogen) atoms. The van der Waals surface area contributed by atoms with E-state index in [0.29, 0.717) is 0 Å². The predicted octanol–water partition coefficient (Wildman–Crippen LogP) is 13.6. The third-order valence-corrected chi connectivity index (χ3v) is 12.2. The minimum Gasteiger partial charge on any atom is -0.307 e. The molecule has 0 N–H and O–H groups in total. The zero-order valence-electron chi connectivity index (χ0n) is 29.6. The summed E-state index contributed by atoms with van der Waals surface area (Å²) in [5, 5.41) is 12.9. The Balaban J connectivity index is 1.36. The molecule has 0 bridgehead atoms. The second-order valence-electron chi connectivity index (χ2n) is 15.2. The van der Waals surface area contributed by atoms with E-state index in [4.69, 9.17) is 0 Å². The van der Waals surface area contributed by atoms with Gasteiger partial charge in [0.15, 0.2) is 0 Å². The molecule has 0 fully saturated rings. The Bertz CT molecular complexity index is 3320. The van der Waals surface area contributed by atoms with Crippen LogP contribution in [0.2, 0.25) is 0 Å². The molecule has 0 aliphatic heterocycles. The van der Waals surface area contributed by atoms with Crippen molar-refractivity contribution >= 4 is 75.9 Å². The van der Waals surface area contributed by atoms with E-state index in [1.54, 1.807) is 0 Å². The van der Waals surface area contributed by atoms with Crippen LogP contribution in [0.15, 0.2) is 170 Å². The van der Waals surface area contributed by atoms with Crippen molar-refractivity contribution in [1.82, 2.24) is 9.13 Å². The minimum atomic E-state index is -0.198. The molecular formula is C51H34N2. The molecule has 0 saturated heterocycles. The van der Waals surface area contributed by atoms with Gasteiger partial charge in [0, 0.05) is 38.3 Å².